The first-order chi connectivity index (χ1) is 8.97. The molecule has 0 aliphatic carbocycles. The lowest BCUT2D eigenvalue weighted by Gasteiger charge is -2.12. The molecular weight excluding hydrogens is 246 g/mol. The monoisotopic (exact) mass is 265 g/mol. The number of hydrogen-bond donors (Lipinski definition) is 1. The lowest BCUT2D eigenvalue weighted by Crippen LogP contribution is -2.11. The summed E-state index contributed by atoms with van der Waals surface area (Å²) in [7, 11) is 0. The van der Waals surface area contributed by atoms with Gasteiger partial charge in [0.05, 0.1) is 0 Å². The molecule has 1 N–H and O–H groups in total. The number of ketones is 1. The molecule has 1 aromatic carbocycles. The van der Waals surface area contributed by atoms with E-state index in [0.29, 0.717) is 6.42 Å². The number of aliphatic hydroxyl groups excluding tert-OH is 1. The normalized spacial score (nSPS) is 10.5. The highest BCUT2D eigenvalue weighted by Crippen LogP contribution is 2.19. The third kappa shape index (κ3) is 4.44. The molecule has 1 rings (SSSR count). The summed E-state index contributed by atoms with van der Waals surface area (Å²) in [6, 6.07) is 3.85. The summed E-state index contributed by atoms with van der Waals surface area (Å²) in [5.41, 5.74) is 3.84. The Balaban J connectivity index is 2.99. The van der Waals surface area contributed by atoms with Crippen molar-refractivity contribution in [1.82, 2.24) is 0 Å². The number of aryl methyl sites for hydroxylation is 2. The highest BCUT2D eigenvalue weighted by molar-refractivity contribution is 5.82. The lowest BCUT2D eigenvalue weighted by molar-refractivity contribution is -0.479. The van der Waals surface area contributed by atoms with Crippen LogP contribution in [0.3, 0.4) is 0 Å². The molecule has 0 aliphatic heterocycles. The van der Waals surface area contributed by atoms with Crippen LogP contribution in [0, 0.1) is 17.0 Å². The number of nitro groups is 1. The summed E-state index contributed by atoms with van der Waals surface area (Å²) in [4.78, 5) is 21.4. The highest BCUT2D eigenvalue weighted by Gasteiger charge is 2.11. The van der Waals surface area contributed by atoms with E-state index in [-0.39, 0.29) is 23.7 Å². The fourth-order valence-corrected chi connectivity index (χ4v) is 2.11. The van der Waals surface area contributed by atoms with Gasteiger partial charge in [0.1, 0.15) is 6.61 Å². The molecular formula is C14H19NO4. The second kappa shape index (κ2) is 6.99. The van der Waals surface area contributed by atoms with Gasteiger partial charge in [-0.15, -0.1) is 0 Å². The molecule has 0 atom stereocenters. The highest BCUT2D eigenvalue weighted by atomic mass is 16.6. The van der Waals surface area contributed by atoms with Crippen molar-refractivity contribution in [1.29, 1.82) is 0 Å². The van der Waals surface area contributed by atoms with Crippen LogP contribution in [-0.2, 0) is 24.1 Å². The number of Topliss-reactive ketones (excluding diaryl/α,β-unsaturated/α-hetero) is 1. The summed E-state index contributed by atoms with van der Waals surface area (Å²) in [6.07, 6.45) is 1.38. The van der Waals surface area contributed by atoms with Crippen LogP contribution in [0.25, 0.3) is 0 Å². The van der Waals surface area contributed by atoms with E-state index in [1.54, 1.807) is 0 Å². The van der Waals surface area contributed by atoms with E-state index < -0.39 is 6.61 Å². The van der Waals surface area contributed by atoms with Gasteiger partial charge in [-0.2, -0.15) is 0 Å². The largest absolute Gasteiger partial charge is 0.389 e. The van der Waals surface area contributed by atoms with E-state index in [1.807, 2.05) is 26.0 Å². The number of aliphatic hydroxyl groups is 1. The predicted molar refractivity (Wildman–Crippen MR) is 71.9 cm³/mol. The number of carbonyl (C=O) groups is 1. The Morgan fingerprint density at radius 1 is 1.32 bits per heavy atom. The average molecular weight is 265 g/mol. The van der Waals surface area contributed by atoms with Crippen molar-refractivity contribution in [3.63, 3.8) is 0 Å². The van der Waals surface area contributed by atoms with Crippen molar-refractivity contribution >= 4 is 5.78 Å². The van der Waals surface area contributed by atoms with Crippen LogP contribution in [0.2, 0.25) is 0 Å². The minimum atomic E-state index is -0.453. The molecule has 0 aromatic heterocycles. The number of rotatable bonds is 7. The Hall–Kier alpha value is -1.75. The molecule has 0 heterocycles. The summed E-state index contributed by atoms with van der Waals surface area (Å²) >= 11 is 0. The molecule has 19 heavy (non-hydrogen) atoms. The van der Waals surface area contributed by atoms with E-state index in [0.717, 1.165) is 28.7 Å². The molecule has 0 radical (unpaired) electrons. The van der Waals surface area contributed by atoms with Gasteiger partial charge >= 0.3 is 0 Å². The standard InChI is InChI=1S/C14H19NO4/c1-3-11-7-12(4-5-15(18)19)10(2)6-13(11)8-14(17)9-16/h6-7,16H,3-5,8-9H2,1-2H3. The summed E-state index contributed by atoms with van der Waals surface area (Å²) < 4.78 is 0. The first kappa shape index (κ1) is 15.3. The van der Waals surface area contributed by atoms with Gasteiger partial charge < -0.3 is 5.11 Å². The Morgan fingerprint density at radius 2 is 2.00 bits per heavy atom. The van der Waals surface area contributed by atoms with Crippen LogP contribution >= 0.6 is 0 Å². The second-order valence-electron chi connectivity index (χ2n) is 4.58. The van der Waals surface area contributed by atoms with Crippen LogP contribution in [0.5, 0.6) is 0 Å². The lowest BCUT2D eigenvalue weighted by atomic mass is 9.93. The Labute approximate surface area is 112 Å². The van der Waals surface area contributed by atoms with Gasteiger partial charge in [-0.3, -0.25) is 14.9 Å². The average Bonchev–Trinajstić information content (AvgIpc) is 2.37. The second-order valence-corrected chi connectivity index (χ2v) is 4.58. The zero-order valence-electron chi connectivity index (χ0n) is 11.3. The summed E-state index contributed by atoms with van der Waals surface area (Å²) in [6.45, 7) is 3.33. The molecule has 104 valence electrons. The van der Waals surface area contributed by atoms with Gasteiger partial charge in [-0.25, -0.2) is 0 Å². The van der Waals surface area contributed by atoms with Gasteiger partial charge in [-0.05, 0) is 35.6 Å². The molecule has 5 heteroatoms. The van der Waals surface area contributed by atoms with E-state index in [4.69, 9.17) is 5.11 Å². The van der Waals surface area contributed by atoms with E-state index >= 15 is 0 Å². The molecule has 0 spiro atoms. The topological polar surface area (TPSA) is 80.4 Å². The summed E-state index contributed by atoms with van der Waals surface area (Å²) in [5.74, 6) is -0.216. The van der Waals surface area contributed by atoms with Crippen LogP contribution < -0.4 is 0 Å². The van der Waals surface area contributed by atoms with Crippen molar-refractivity contribution in [3.8, 4) is 0 Å². The third-order valence-corrected chi connectivity index (χ3v) is 3.17. The molecule has 0 amide bonds. The fraction of sp³-hybridized carbons (Fsp3) is 0.500. The quantitative estimate of drug-likeness (QED) is 0.598. The maximum Gasteiger partial charge on any atom is 0.207 e. The van der Waals surface area contributed by atoms with E-state index in [1.165, 1.54) is 0 Å². The smallest absolute Gasteiger partial charge is 0.207 e. The molecule has 5 nitrogen and oxygen atoms in total. The van der Waals surface area contributed by atoms with Gasteiger partial charge in [0.25, 0.3) is 0 Å². The number of nitrogens with zero attached hydrogens (tertiary/aromatic N) is 1. The van der Waals surface area contributed by atoms with E-state index in [2.05, 4.69) is 0 Å². The van der Waals surface area contributed by atoms with Gasteiger partial charge in [-0.1, -0.05) is 19.1 Å². The van der Waals surface area contributed by atoms with Crippen molar-refractivity contribution in [2.75, 3.05) is 13.2 Å². The number of carbonyl (C=O) groups excluding carboxylic acids is 1. The minimum absolute atomic E-state index is 0.0844. The maximum atomic E-state index is 11.3. The molecule has 0 fully saturated rings. The van der Waals surface area contributed by atoms with Crippen LogP contribution in [0.4, 0.5) is 0 Å². The minimum Gasteiger partial charge on any atom is -0.389 e. The molecule has 0 unspecified atom stereocenters. The van der Waals surface area contributed by atoms with Crippen molar-refractivity contribution in [3.05, 3.63) is 44.5 Å². The van der Waals surface area contributed by atoms with Gasteiger partial charge in [0, 0.05) is 17.8 Å². The zero-order chi connectivity index (χ0) is 14.4. The third-order valence-electron chi connectivity index (χ3n) is 3.17. The van der Waals surface area contributed by atoms with Crippen LogP contribution in [-0.4, -0.2) is 29.0 Å². The van der Waals surface area contributed by atoms with E-state index in [9.17, 15) is 14.9 Å². The first-order valence-corrected chi connectivity index (χ1v) is 6.33. The van der Waals surface area contributed by atoms with Gasteiger partial charge in [0.2, 0.25) is 6.54 Å². The van der Waals surface area contributed by atoms with Crippen LogP contribution in [0.15, 0.2) is 12.1 Å². The maximum absolute atomic E-state index is 11.3. The van der Waals surface area contributed by atoms with Crippen LogP contribution in [0.1, 0.15) is 29.2 Å². The van der Waals surface area contributed by atoms with Crippen molar-refractivity contribution in [2.24, 2.45) is 0 Å². The Morgan fingerprint density at radius 3 is 2.53 bits per heavy atom. The predicted octanol–water partition coefficient (Wildman–Crippen LogP) is 1.48. The molecule has 0 bridgehead atoms. The van der Waals surface area contributed by atoms with Crippen molar-refractivity contribution < 1.29 is 14.8 Å². The Bertz CT molecular complexity index is 483. The molecule has 0 saturated heterocycles. The number of benzene rings is 1. The zero-order valence-corrected chi connectivity index (χ0v) is 11.3. The molecule has 0 aliphatic rings. The molecule has 1 aromatic rings. The first-order valence-electron chi connectivity index (χ1n) is 6.33. The molecule has 0 saturated carbocycles. The summed E-state index contributed by atoms with van der Waals surface area (Å²) in [5, 5.41) is 19.2. The SMILES string of the molecule is CCc1cc(CC[N+](=O)[O-])c(C)cc1CC(=O)CO. The number of hydrogen-bond acceptors (Lipinski definition) is 4. The Kier molecular flexibility index (Phi) is 5.63. The van der Waals surface area contributed by atoms with Crippen molar-refractivity contribution in [2.45, 2.75) is 33.1 Å². The van der Waals surface area contributed by atoms with Gasteiger partial charge in [0.15, 0.2) is 5.78 Å². The fourth-order valence-electron chi connectivity index (χ4n) is 2.11.